The largest absolute Gasteiger partial charge is 0.313 e. The van der Waals surface area contributed by atoms with Crippen molar-refractivity contribution in [3.63, 3.8) is 0 Å². The zero-order chi connectivity index (χ0) is 11.7. The van der Waals surface area contributed by atoms with Gasteiger partial charge >= 0.3 is 0 Å². The number of aromatic nitrogens is 2. The Balaban J connectivity index is 2.16. The number of rotatable bonds is 3. The second-order valence-electron chi connectivity index (χ2n) is 5.39. The number of hydrogen-bond acceptors (Lipinski definition) is 2. The fourth-order valence-corrected chi connectivity index (χ4v) is 2.78. The summed E-state index contributed by atoms with van der Waals surface area (Å²) in [6.45, 7) is 7.92. The van der Waals surface area contributed by atoms with Crippen LogP contribution < -0.4 is 5.32 Å². The Bertz CT molecular complexity index is 354. The quantitative estimate of drug-likeness (QED) is 0.848. The Hall–Kier alpha value is -0.830. The summed E-state index contributed by atoms with van der Waals surface area (Å²) < 4.78 is 1.99. The normalized spacial score (nSPS) is 25.6. The average molecular weight is 221 g/mol. The van der Waals surface area contributed by atoms with E-state index in [9.17, 15) is 0 Å². The molecule has 0 spiro atoms. The summed E-state index contributed by atoms with van der Waals surface area (Å²) in [4.78, 5) is 0. The highest BCUT2D eigenvalue weighted by Gasteiger charge is 2.30. The summed E-state index contributed by atoms with van der Waals surface area (Å²) in [5.41, 5.74) is 2.76. The molecule has 16 heavy (non-hydrogen) atoms. The molecule has 0 bridgehead atoms. The molecule has 1 saturated heterocycles. The van der Waals surface area contributed by atoms with Gasteiger partial charge in [-0.3, -0.25) is 4.68 Å². The van der Waals surface area contributed by atoms with Crippen molar-refractivity contribution < 1.29 is 0 Å². The van der Waals surface area contributed by atoms with E-state index in [0.29, 0.717) is 12.0 Å². The average Bonchev–Trinajstić information content (AvgIpc) is 2.76. The van der Waals surface area contributed by atoms with Gasteiger partial charge in [-0.15, -0.1) is 0 Å². The van der Waals surface area contributed by atoms with Crippen LogP contribution in [0.25, 0.3) is 0 Å². The molecule has 1 N–H and O–H groups in total. The summed E-state index contributed by atoms with van der Waals surface area (Å²) in [6, 6.07) is 0.642. The summed E-state index contributed by atoms with van der Waals surface area (Å²) in [7, 11) is 2.03. The Morgan fingerprint density at radius 3 is 2.88 bits per heavy atom. The fourth-order valence-electron chi connectivity index (χ4n) is 2.78. The zero-order valence-corrected chi connectivity index (χ0v) is 10.8. The maximum absolute atomic E-state index is 4.36. The molecule has 2 atom stereocenters. The van der Waals surface area contributed by atoms with E-state index in [1.54, 1.807) is 0 Å². The molecule has 0 saturated carbocycles. The fraction of sp³-hybridized carbons (Fsp3) is 0.769. The summed E-state index contributed by atoms with van der Waals surface area (Å²) in [6.07, 6.45) is 4.57. The van der Waals surface area contributed by atoms with E-state index in [1.165, 1.54) is 24.1 Å². The van der Waals surface area contributed by atoms with E-state index >= 15 is 0 Å². The van der Waals surface area contributed by atoms with Gasteiger partial charge in [0.25, 0.3) is 0 Å². The predicted molar refractivity (Wildman–Crippen MR) is 66.5 cm³/mol. The first-order valence-corrected chi connectivity index (χ1v) is 6.31. The van der Waals surface area contributed by atoms with Gasteiger partial charge in [-0.25, -0.2) is 0 Å². The third-order valence-electron chi connectivity index (χ3n) is 3.75. The molecule has 0 radical (unpaired) electrons. The van der Waals surface area contributed by atoms with E-state index in [4.69, 9.17) is 0 Å². The lowest BCUT2D eigenvalue weighted by atomic mass is 9.88. The lowest BCUT2D eigenvalue weighted by Crippen LogP contribution is -2.27. The number of nitrogens with one attached hydrogen (secondary N) is 1. The van der Waals surface area contributed by atoms with E-state index in [1.807, 2.05) is 11.7 Å². The van der Waals surface area contributed by atoms with Crippen molar-refractivity contribution >= 4 is 0 Å². The molecule has 1 aliphatic rings. The van der Waals surface area contributed by atoms with Crippen LogP contribution in [0.1, 0.15) is 43.9 Å². The van der Waals surface area contributed by atoms with Crippen LogP contribution >= 0.6 is 0 Å². The van der Waals surface area contributed by atoms with Gasteiger partial charge in [0, 0.05) is 24.7 Å². The molecule has 3 heteroatoms. The minimum atomic E-state index is 0.642. The zero-order valence-electron chi connectivity index (χ0n) is 10.8. The summed E-state index contributed by atoms with van der Waals surface area (Å²) in [5.74, 6) is 1.42. The van der Waals surface area contributed by atoms with E-state index in [0.717, 1.165) is 12.5 Å². The molecule has 2 unspecified atom stereocenters. The Morgan fingerprint density at radius 1 is 1.56 bits per heavy atom. The van der Waals surface area contributed by atoms with Gasteiger partial charge in [0.15, 0.2) is 0 Å². The SMILES string of the molecule is Cc1c(C2CCNC2CC(C)C)cnn1C. The molecule has 0 amide bonds. The van der Waals surface area contributed by atoms with Crippen molar-refractivity contribution in [1.82, 2.24) is 15.1 Å². The first-order valence-electron chi connectivity index (χ1n) is 6.31. The van der Waals surface area contributed by atoms with Gasteiger partial charge in [0.05, 0.1) is 6.20 Å². The maximum Gasteiger partial charge on any atom is 0.0527 e. The maximum atomic E-state index is 4.36. The standard InChI is InChI=1S/C13H23N3/c1-9(2)7-13-11(5-6-14-13)12-8-15-16(4)10(12)3/h8-9,11,13-14H,5-7H2,1-4H3. The molecule has 90 valence electrons. The summed E-state index contributed by atoms with van der Waals surface area (Å²) in [5, 5.41) is 8.00. The van der Waals surface area contributed by atoms with Gasteiger partial charge < -0.3 is 5.32 Å². The third-order valence-corrected chi connectivity index (χ3v) is 3.75. The van der Waals surface area contributed by atoms with Crippen LogP contribution in [0.2, 0.25) is 0 Å². The van der Waals surface area contributed by atoms with Crippen molar-refractivity contribution in [2.24, 2.45) is 13.0 Å². The minimum absolute atomic E-state index is 0.642. The second-order valence-corrected chi connectivity index (χ2v) is 5.39. The Morgan fingerprint density at radius 2 is 2.31 bits per heavy atom. The van der Waals surface area contributed by atoms with Crippen molar-refractivity contribution in [3.05, 3.63) is 17.5 Å². The van der Waals surface area contributed by atoms with E-state index in [2.05, 4.69) is 37.4 Å². The van der Waals surface area contributed by atoms with E-state index < -0.39 is 0 Å². The molecule has 1 fully saturated rings. The number of hydrogen-bond donors (Lipinski definition) is 1. The first kappa shape index (κ1) is 11.6. The molecular weight excluding hydrogens is 198 g/mol. The second kappa shape index (κ2) is 4.58. The Labute approximate surface area is 98.2 Å². The van der Waals surface area contributed by atoms with E-state index in [-0.39, 0.29) is 0 Å². The van der Waals surface area contributed by atoms with Gasteiger partial charge in [0.2, 0.25) is 0 Å². The lowest BCUT2D eigenvalue weighted by molar-refractivity contribution is 0.433. The van der Waals surface area contributed by atoms with Crippen LogP contribution in [0, 0.1) is 12.8 Å². The highest BCUT2D eigenvalue weighted by Crippen LogP contribution is 2.32. The van der Waals surface area contributed by atoms with Crippen LogP contribution in [0.3, 0.4) is 0 Å². The van der Waals surface area contributed by atoms with Crippen LogP contribution in [0.15, 0.2) is 6.20 Å². The number of aryl methyl sites for hydroxylation is 1. The minimum Gasteiger partial charge on any atom is -0.313 e. The van der Waals surface area contributed by atoms with Gasteiger partial charge in [0.1, 0.15) is 0 Å². The van der Waals surface area contributed by atoms with Crippen molar-refractivity contribution in [3.8, 4) is 0 Å². The highest BCUT2D eigenvalue weighted by atomic mass is 15.3. The molecule has 2 rings (SSSR count). The third kappa shape index (κ3) is 2.14. The molecule has 1 aromatic heterocycles. The van der Waals surface area contributed by atoms with Crippen molar-refractivity contribution in [2.75, 3.05) is 6.54 Å². The van der Waals surface area contributed by atoms with Crippen LogP contribution in [-0.4, -0.2) is 22.4 Å². The predicted octanol–water partition coefficient (Wildman–Crippen LogP) is 2.22. The van der Waals surface area contributed by atoms with Crippen LogP contribution in [0.5, 0.6) is 0 Å². The molecule has 1 aliphatic heterocycles. The first-order chi connectivity index (χ1) is 7.59. The summed E-state index contributed by atoms with van der Waals surface area (Å²) >= 11 is 0. The van der Waals surface area contributed by atoms with Crippen LogP contribution in [0.4, 0.5) is 0 Å². The smallest absolute Gasteiger partial charge is 0.0527 e. The van der Waals surface area contributed by atoms with Gasteiger partial charge in [-0.2, -0.15) is 5.10 Å². The lowest BCUT2D eigenvalue weighted by Gasteiger charge is -2.21. The topological polar surface area (TPSA) is 29.9 Å². The van der Waals surface area contributed by atoms with Crippen LogP contribution in [-0.2, 0) is 7.05 Å². The molecule has 0 aromatic carbocycles. The Kier molecular flexibility index (Phi) is 3.33. The van der Waals surface area contributed by atoms with Gasteiger partial charge in [-0.1, -0.05) is 13.8 Å². The highest BCUT2D eigenvalue weighted by molar-refractivity contribution is 5.24. The van der Waals surface area contributed by atoms with Crippen molar-refractivity contribution in [2.45, 2.75) is 45.6 Å². The molecule has 0 aliphatic carbocycles. The monoisotopic (exact) mass is 221 g/mol. The molecule has 1 aromatic rings. The molecular formula is C13H23N3. The van der Waals surface area contributed by atoms with Crippen molar-refractivity contribution in [1.29, 1.82) is 0 Å². The molecule has 2 heterocycles. The number of nitrogens with zero attached hydrogens (tertiary/aromatic N) is 2. The molecule has 3 nitrogen and oxygen atoms in total. The van der Waals surface area contributed by atoms with Gasteiger partial charge in [-0.05, 0) is 37.8 Å².